The Morgan fingerprint density at radius 2 is 1.79 bits per heavy atom. The van der Waals surface area contributed by atoms with Crippen molar-refractivity contribution in [3.63, 3.8) is 0 Å². The van der Waals surface area contributed by atoms with Crippen LogP contribution < -0.4 is 20.9 Å². The summed E-state index contributed by atoms with van der Waals surface area (Å²) in [6.45, 7) is 8.37. The average Bonchev–Trinajstić information content (AvgIpc) is 3.21. The smallest absolute Gasteiger partial charge is 0.332 e. The number of aryl methyl sites for hydroxylation is 2. The minimum absolute atomic E-state index is 0.229. The van der Waals surface area contributed by atoms with Crippen LogP contribution in [0.15, 0.2) is 58.1 Å². The van der Waals surface area contributed by atoms with E-state index in [4.69, 9.17) is 9.72 Å². The molecule has 1 unspecified atom stereocenters. The van der Waals surface area contributed by atoms with Crippen molar-refractivity contribution < 1.29 is 4.74 Å². The number of ether oxygens (including phenoxy) is 1. The molecule has 0 radical (unpaired) electrons. The van der Waals surface area contributed by atoms with E-state index in [9.17, 15) is 9.59 Å². The predicted molar refractivity (Wildman–Crippen MR) is 133 cm³/mol. The monoisotopic (exact) mass is 459 g/mol. The zero-order chi connectivity index (χ0) is 24.0. The fourth-order valence-electron chi connectivity index (χ4n) is 4.71. The number of rotatable bonds is 5. The predicted octanol–water partition coefficient (Wildman–Crippen LogP) is 3.44. The van der Waals surface area contributed by atoms with Gasteiger partial charge in [0.1, 0.15) is 5.75 Å². The van der Waals surface area contributed by atoms with Gasteiger partial charge in [-0.25, -0.2) is 4.79 Å². The summed E-state index contributed by atoms with van der Waals surface area (Å²) in [6, 6.07) is 15.7. The second-order valence-corrected chi connectivity index (χ2v) is 9.00. The first-order chi connectivity index (χ1) is 16.4. The van der Waals surface area contributed by atoms with Gasteiger partial charge in [-0.05, 0) is 55.2 Å². The Bertz CT molecular complexity index is 1480. The van der Waals surface area contributed by atoms with Crippen molar-refractivity contribution in [2.24, 2.45) is 13.0 Å². The van der Waals surface area contributed by atoms with Gasteiger partial charge in [0.2, 0.25) is 5.95 Å². The average molecular weight is 460 g/mol. The van der Waals surface area contributed by atoms with Gasteiger partial charge in [0.15, 0.2) is 11.2 Å². The van der Waals surface area contributed by atoms with Crippen LogP contribution in [0.1, 0.15) is 25.0 Å². The minimum Gasteiger partial charge on any atom is -0.494 e. The second kappa shape index (κ2) is 8.52. The third-order valence-electron chi connectivity index (χ3n) is 6.49. The van der Waals surface area contributed by atoms with E-state index in [0.29, 0.717) is 30.3 Å². The Labute approximate surface area is 197 Å². The highest BCUT2D eigenvalue weighted by Gasteiger charge is 2.30. The summed E-state index contributed by atoms with van der Waals surface area (Å²) >= 11 is 0. The SMILES string of the molecule is CCOc1ccc(N2CC(C)Cn3c2nc2c3c(=O)n(Cc3ccccc3C)c(=O)n2C)cc1. The van der Waals surface area contributed by atoms with E-state index in [1.807, 2.05) is 66.9 Å². The molecule has 1 atom stereocenters. The summed E-state index contributed by atoms with van der Waals surface area (Å²) in [6.07, 6.45) is 0. The highest BCUT2D eigenvalue weighted by Crippen LogP contribution is 2.33. The van der Waals surface area contributed by atoms with Gasteiger partial charge in [-0.3, -0.25) is 13.9 Å². The van der Waals surface area contributed by atoms with Crippen LogP contribution in [0, 0.1) is 12.8 Å². The first kappa shape index (κ1) is 22.0. The van der Waals surface area contributed by atoms with Crippen molar-refractivity contribution in [2.45, 2.75) is 33.9 Å². The maximum Gasteiger partial charge on any atom is 0.332 e. The molecule has 34 heavy (non-hydrogen) atoms. The van der Waals surface area contributed by atoms with Crippen LogP contribution in [0.2, 0.25) is 0 Å². The molecule has 5 rings (SSSR count). The molecule has 1 aliphatic rings. The second-order valence-electron chi connectivity index (χ2n) is 9.00. The Balaban J connectivity index is 1.67. The van der Waals surface area contributed by atoms with E-state index >= 15 is 0 Å². The summed E-state index contributed by atoms with van der Waals surface area (Å²) in [4.78, 5) is 33.8. The zero-order valence-corrected chi connectivity index (χ0v) is 20.0. The molecule has 8 nitrogen and oxygen atoms in total. The van der Waals surface area contributed by atoms with Crippen LogP contribution in [-0.4, -0.2) is 31.8 Å². The van der Waals surface area contributed by atoms with Crippen LogP contribution in [0.25, 0.3) is 11.2 Å². The molecule has 0 saturated carbocycles. The van der Waals surface area contributed by atoms with E-state index in [1.54, 1.807) is 7.05 Å². The molecule has 1 aliphatic heterocycles. The van der Waals surface area contributed by atoms with Gasteiger partial charge in [-0.15, -0.1) is 0 Å². The number of anilines is 2. The molecular formula is C26H29N5O3. The number of hydrogen-bond donors (Lipinski definition) is 0. The lowest BCUT2D eigenvalue weighted by Crippen LogP contribution is -2.40. The molecule has 0 N–H and O–H groups in total. The van der Waals surface area contributed by atoms with Gasteiger partial charge in [-0.1, -0.05) is 31.2 Å². The molecule has 0 spiro atoms. The molecule has 0 aliphatic carbocycles. The van der Waals surface area contributed by atoms with Crippen molar-refractivity contribution in [3.05, 3.63) is 80.5 Å². The van der Waals surface area contributed by atoms with Gasteiger partial charge >= 0.3 is 5.69 Å². The van der Waals surface area contributed by atoms with Gasteiger partial charge < -0.3 is 14.2 Å². The van der Waals surface area contributed by atoms with Crippen molar-refractivity contribution in [1.82, 2.24) is 18.7 Å². The van der Waals surface area contributed by atoms with Gasteiger partial charge in [-0.2, -0.15) is 4.98 Å². The Kier molecular flexibility index (Phi) is 5.51. The third kappa shape index (κ3) is 3.59. The summed E-state index contributed by atoms with van der Waals surface area (Å²) in [5, 5.41) is 0. The molecule has 8 heteroatoms. The van der Waals surface area contributed by atoms with Crippen LogP contribution in [0.5, 0.6) is 5.75 Å². The molecule has 0 saturated heterocycles. The molecule has 176 valence electrons. The molecule has 4 aromatic rings. The largest absolute Gasteiger partial charge is 0.494 e. The maximum absolute atomic E-state index is 13.7. The minimum atomic E-state index is -0.364. The van der Waals surface area contributed by atoms with Gasteiger partial charge in [0, 0.05) is 25.8 Å². The fourth-order valence-corrected chi connectivity index (χ4v) is 4.71. The van der Waals surface area contributed by atoms with Crippen molar-refractivity contribution >= 4 is 22.8 Å². The maximum atomic E-state index is 13.7. The van der Waals surface area contributed by atoms with Crippen molar-refractivity contribution in [1.29, 1.82) is 0 Å². The molecule has 0 fully saturated rings. The Hall–Kier alpha value is -3.81. The third-order valence-corrected chi connectivity index (χ3v) is 6.49. The van der Waals surface area contributed by atoms with Crippen LogP contribution in [0.3, 0.4) is 0 Å². The lowest BCUT2D eigenvalue weighted by Gasteiger charge is -2.33. The highest BCUT2D eigenvalue weighted by molar-refractivity contribution is 5.77. The number of hydrogen-bond acceptors (Lipinski definition) is 5. The number of fused-ring (bicyclic) bond motifs is 3. The Morgan fingerprint density at radius 3 is 2.50 bits per heavy atom. The summed E-state index contributed by atoms with van der Waals surface area (Å²) in [5.74, 6) is 1.78. The van der Waals surface area contributed by atoms with E-state index < -0.39 is 0 Å². The first-order valence-electron chi connectivity index (χ1n) is 11.6. The van der Waals surface area contributed by atoms with E-state index in [-0.39, 0.29) is 23.7 Å². The van der Waals surface area contributed by atoms with Crippen molar-refractivity contribution in [3.8, 4) is 5.75 Å². The molecule has 2 aromatic heterocycles. The van der Waals surface area contributed by atoms with E-state index in [2.05, 4.69) is 11.8 Å². The quantitative estimate of drug-likeness (QED) is 0.457. The molecule has 0 amide bonds. The molecule has 2 aromatic carbocycles. The van der Waals surface area contributed by atoms with Gasteiger partial charge in [0.25, 0.3) is 5.56 Å². The first-order valence-corrected chi connectivity index (χ1v) is 11.6. The van der Waals surface area contributed by atoms with E-state index in [0.717, 1.165) is 29.1 Å². The molecule has 3 heterocycles. The summed E-state index contributed by atoms with van der Waals surface area (Å²) < 4.78 is 10.4. The standard InChI is InChI=1S/C26H29N5O3/c1-5-34-21-12-10-20(11-13-21)29-14-17(2)15-30-22-23(27-25(29)30)28(4)26(33)31(24(22)32)16-19-9-7-6-8-18(19)3/h6-13,17H,5,14-16H2,1-4H3. The zero-order valence-electron chi connectivity index (χ0n) is 20.0. The molecule has 0 bridgehead atoms. The van der Waals surface area contributed by atoms with Gasteiger partial charge in [0.05, 0.1) is 13.2 Å². The summed E-state index contributed by atoms with van der Waals surface area (Å²) in [7, 11) is 1.68. The topological polar surface area (TPSA) is 74.3 Å². The van der Waals surface area contributed by atoms with Crippen LogP contribution in [-0.2, 0) is 20.1 Å². The number of nitrogens with zero attached hydrogens (tertiary/aromatic N) is 5. The Morgan fingerprint density at radius 1 is 1.06 bits per heavy atom. The lowest BCUT2D eigenvalue weighted by molar-refractivity contribution is 0.340. The van der Waals surface area contributed by atoms with Crippen LogP contribution in [0.4, 0.5) is 11.6 Å². The number of aromatic nitrogens is 4. The summed E-state index contributed by atoms with van der Waals surface area (Å²) in [5.41, 5.74) is 3.17. The highest BCUT2D eigenvalue weighted by atomic mass is 16.5. The van der Waals surface area contributed by atoms with E-state index in [1.165, 1.54) is 9.13 Å². The number of imidazole rings is 1. The normalized spacial score (nSPS) is 15.5. The molecular weight excluding hydrogens is 430 g/mol. The van der Waals surface area contributed by atoms with Crippen molar-refractivity contribution in [2.75, 3.05) is 18.1 Å². The van der Waals surface area contributed by atoms with Crippen LogP contribution >= 0.6 is 0 Å². The lowest BCUT2D eigenvalue weighted by atomic mass is 10.1. The number of benzene rings is 2. The fraction of sp³-hybridized carbons (Fsp3) is 0.346.